The fourth-order valence-electron chi connectivity index (χ4n) is 3.67. The van der Waals surface area contributed by atoms with E-state index >= 15 is 0 Å². The van der Waals surface area contributed by atoms with Crippen LogP contribution in [-0.2, 0) is 6.54 Å². The topological polar surface area (TPSA) is 79.3 Å². The minimum atomic E-state index is -0.161. The van der Waals surface area contributed by atoms with E-state index in [0.29, 0.717) is 36.0 Å². The van der Waals surface area contributed by atoms with Crippen LogP contribution in [0.15, 0.2) is 30.3 Å². The van der Waals surface area contributed by atoms with E-state index in [0.717, 1.165) is 31.5 Å². The number of anilines is 1. The molecule has 1 fully saturated rings. The van der Waals surface area contributed by atoms with Crippen LogP contribution in [0, 0.1) is 0 Å². The van der Waals surface area contributed by atoms with Gasteiger partial charge in [0.05, 0.1) is 16.4 Å². The smallest absolute Gasteiger partial charge is 0.321 e. The van der Waals surface area contributed by atoms with Gasteiger partial charge in [0.15, 0.2) is 0 Å². The average molecular weight is 388 g/mol. The molecule has 0 spiro atoms. The summed E-state index contributed by atoms with van der Waals surface area (Å²) in [5.41, 5.74) is 2.11. The van der Waals surface area contributed by atoms with E-state index in [-0.39, 0.29) is 17.9 Å². The first-order valence-electron chi connectivity index (χ1n) is 9.28. The molecule has 2 aromatic rings. The predicted molar refractivity (Wildman–Crippen MR) is 103 cm³/mol. The standard InChI is InChI=1S/C19H22ClN5O2/c20-14-6-1-2-7-15(14)22-19(27)24-9-3-5-13(12-24)16-11-17-18(26)21-8-4-10-25(17)23-16/h1-2,6-7,11,13H,3-5,8-10,12H2,(H,21,26)(H,22,27). The van der Waals surface area contributed by atoms with Crippen molar-refractivity contribution in [3.63, 3.8) is 0 Å². The van der Waals surface area contributed by atoms with Crippen molar-refractivity contribution in [2.24, 2.45) is 0 Å². The number of piperidine rings is 1. The first-order chi connectivity index (χ1) is 13.1. The van der Waals surface area contributed by atoms with Crippen molar-refractivity contribution in [1.82, 2.24) is 20.0 Å². The maximum atomic E-state index is 12.7. The van der Waals surface area contributed by atoms with Crippen LogP contribution in [0.3, 0.4) is 0 Å². The summed E-state index contributed by atoms with van der Waals surface area (Å²) in [6.07, 6.45) is 2.72. The number of amides is 3. The Hall–Kier alpha value is -2.54. The number of aryl methyl sites for hydroxylation is 1. The van der Waals surface area contributed by atoms with Gasteiger partial charge >= 0.3 is 6.03 Å². The van der Waals surface area contributed by atoms with Gasteiger partial charge in [0, 0.05) is 32.1 Å². The second-order valence-electron chi connectivity index (χ2n) is 6.98. The van der Waals surface area contributed by atoms with Gasteiger partial charge in [-0.15, -0.1) is 0 Å². The van der Waals surface area contributed by atoms with E-state index in [2.05, 4.69) is 15.7 Å². The fraction of sp³-hybridized carbons (Fsp3) is 0.421. The Kier molecular flexibility index (Phi) is 5.03. The van der Waals surface area contributed by atoms with Crippen LogP contribution in [0.25, 0.3) is 0 Å². The van der Waals surface area contributed by atoms with Crippen LogP contribution in [0.4, 0.5) is 10.5 Å². The molecule has 2 aliphatic heterocycles. The number of hydrogen-bond acceptors (Lipinski definition) is 3. The number of urea groups is 1. The molecule has 8 heteroatoms. The highest BCUT2D eigenvalue weighted by atomic mass is 35.5. The van der Waals surface area contributed by atoms with E-state index in [1.54, 1.807) is 21.7 Å². The third-order valence-electron chi connectivity index (χ3n) is 5.11. The monoisotopic (exact) mass is 387 g/mol. The number of halogens is 1. The number of benzene rings is 1. The van der Waals surface area contributed by atoms with Crippen LogP contribution in [0.1, 0.15) is 41.4 Å². The molecule has 2 N–H and O–H groups in total. The number of nitrogens with zero attached hydrogens (tertiary/aromatic N) is 3. The van der Waals surface area contributed by atoms with Crippen LogP contribution < -0.4 is 10.6 Å². The number of para-hydroxylation sites is 1. The first-order valence-corrected chi connectivity index (χ1v) is 9.66. The summed E-state index contributed by atoms with van der Waals surface area (Å²) in [5, 5.41) is 10.9. The van der Waals surface area contributed by atoms with Gasteiger partial charge in [-0.3, -0.25) is 9.48 Å². The lowest BCUT2D eigenvalue weighted by Crippen LogP contribution is -2.41. The minimum Gasteiger partial charge on any atom is -0.351 e. The van der Waals surface area contributed by atoms with Gasteiger partial charge in [-0.2, -0.15) is 5.10 Å². The molecular formula is C19H22ClN5O2. The average Bonchev–Trinajstić information content (AvgIpc) is 3.04. The summed E-state index contributed by atoms with van der Waals surface area (Å²) < 4.78 is 1.79. The van der Waals surface area contributed by atoms with Crippen molar-refractivity contribution in [1.29, 1.82) is 0 Å². The fourth-order valence-corrected chi connectivity index (χ4v) is 3.85. The number of likely N-dealkylation sites (tertiary alicyclic amines) is 1. The zero-order valence-corrected chi connectivity index (χ0v) is 15.7. The molecule has 7 nitrogen and oxygen atoms in total. The molecular weight excluding hydrogens is 366 g/mol. The largest absolute Gasteiger partial charge is 0.351 e. The molecule has 1 aromatic carbocycles. The number of nitrogens with one attached hydrogen (secondary N) is 2. The van der Waals surface area contributed by atoms with Gasteiger partial charge in [0.25, 0.3) is 5.91 Å². The van der Waals surface area contributed by atoms with E-state index in [4.69, 9.17) is 11.6 Å². The summed E-state index contributed by atoms with van der Waals surface area (Å²) >= 11 is 6.13. The summed E-state index contributed by atoms with van der Waals surface area (Å²) in [7, 11) is 0. The second kappa shape index (κ2) is 7.60. The molecule has 142 valence electrons. The third kappa shape index (κ3) is 3.78. The summed E-state index contributed by atoms with van der Waals surface area (Å²) in [6, 6.07) is 8.91. The highest BCUT2D eigenvalue weighted by molar-refractivity contribution is 6.33. The van der Waals surface area contributed by atoms with Crippen LogP contribution in [-0.4, -0.2) is 46.3 Å². The van der Waals surface area contributed by atoms with E-state index in [1.165, 1.54) is 0 Å². The quantitative estimate of drug-likeness (QED) is 0.831. The van der Waals surface area contributed by atoms with Crippen LogP contribution in [0.2, 0.25) is 5.02 Å². The molecule has 0 bridgehead atoms. The molecule has 3 amide bonds. The number of rotatable bonds is 2. The Bertz CT molecular complexity index is 866. The Labute approximate surface area is 162 Å². The van der Waals surface area contributed by atoms with Gasteiger partial charge in [-0.1, -0.05) is 23.7 Å². The summed E-state index contributed by atoms with van der Waals surface area (Å²) in [4.78, 5) is 26.6. The number of aromatic nitrogens is 2. The van der Waals surface area contributed by atoms with E-state index < -0.39 is 0 Å². The van der Waals surface area contributed by atoms with Gasteiger partial charge in [-0.25, -0.2) is 4.79 Å². The Morgan fingerprint density at radius 2 is 2.11 bits per heavy atom. The first kappa shape index (κ1) is 17.9. The van der Waals surface area contributed by atoms with Gasteiger partial charge in [0.1, 0.15) is 5.69 Å². The molecule has 0 saturated carbocycles. The molecule has 4 rings (SSSR count). The molecule has 0 aliphatic carbocycles. The normalized spacial score (nSPS) is 19.8. The number of carbonyl (C=O) groups excluding carboxylic acids is 2. The number of hydrogen-bond donors (Lipinski definition) is 2. The Morgan fingerprint density at radius 1 is 1.26 bits per heavy atom. The molecule has 1 saturated heterocycles. The van der Waals surface area contributed by atoms with Crippen LogP contribution in [0.5, 0.6) is 0 Å². The minimum absolute atomic E-state index is 0.0737. The highest BCUT2D eigenvalue weighted by Gasteiger charge is 2.28. The summed E-state index contributed by atoms with van der Waals surface area (Å²) in [6.45, 7) is 2.68. The van der Waals surface area contributed by atoms with E-state index in [9.17, 15) is 9.59 Å². The molecule has 1 aromatic heterocycles. The van der Waals surface area contributed by atoms with Crippen molar-refractivity contribution in [3.8, 4) is 0 Å². The lowest BCUT2D eigenvalue weighted by atomic mass is 9.95. The summed E-state index contributed by atoms with van der Waals surface area (Å²) in [5.74, 6) is 0.0540. The Balaban J connectivity index is 1.47. The van der Waals surface area contributed by atoms with Crippen molar-refractivity contribution in [3.05, 3.63) is 46.7 Å². The van der Waals surface area contributed by atoms with Crippen molar-refractivity contribution in [2.45, 2.75) is 31.7 Å². The van der Waals surface area contributed by atoms with Crippen molar-refractivity contribution in [2.75, 3.05) is 25.0 Å². The van der Waals surface area contributed by atoms with Gasteiger partial charge in [0.2, 0.25) is 0 Å². The molecule has 1 unspecified atom stereocenters. The molecule has 1 atom stereocenters. The number of fused-ring (bicyclic) bond motifs is 1. The Morgan fingerprint density at radius 3 is 2.96 bits per heavy atom. The molecule has 0 radical (unpaired) electrons. The maximum absolute atomic E-state index is 12.7. The zero-order valence-electron chi connectivity index (χ0n) is 14.9. The molecule has 2 aliphatic rings. The SMILES string of the molecule is O=C1NCCCn2nc(C3CCCN(C(=O)Nc4ccccc4Cl)C3)cc21. The van der Waals surface area contributed by atoms with Crippen molar-refractivity contribution >= 4 is 29.2 Å². The van der Waals surface area contributed by atoms with Crippen molar-refractivity contribution < 1.29 is 9.59 Å². The third-order valence-corrected chi connectivity index (χ3v) is 5.44. The molecule has 27 heavy (non-hydrogen) atoms. The molecule has 3 heterocycles. The zero-order chi connectivity index (χ0) is 18.8. The van der Waals surface area contributed by atoms with Crippen LogP contribution >= 0.6 is 11.6 Å². The van der Waals surface area contributed by atoms with E-state index in [1.807, 2.05) is 18.2 Å². The maximum Gasteiger partial charge on any atom is 0.321 e. The second-order valence-corrected chi connectivity index (χ2v) is 7.39. The lowest BCUT2D eigenvalue weighted by molar-refractivity contribution is 0.0950. The lowest BCUT2D eigenvalue weighted by Gasteiger charge is -2.32. The van der Waals surface area contributed by atoms with Gasteiger partial charge < -0.3 is 15.5 Å². The predicted octanol–water partition coefficient (Wildman–Crippen LogP) is 3.08. The number of carbonyl (C=O) groups is 2. The van der Waals surface area contributed by atoms with Gasteiger partial charge in [-0.05, 0) is 37.5 Å². The highest BCUT2D eigenvalue weighted by Crippen LogP contribution is 2.28.